The van der Waals surface area contributed by atoms with Crippen LogP contribution in [0.3, 0.4) is 0 Å². The molecular formula is C11H17N3. The van der Waals surface area contributed by atoms with Crippen LogP contribution < -0.4 is 5.32 Å². The van der Waals surface area contributed by atoms with Crippen molar-refractivity contribution in [3.8, 4) is 0 Å². The first kappa shape index (κ1) is 8.48. The molecule has 1 aliphatic heterocycles. The van der Waals surface area contributed by atoms with E-state index in [2.05, 4.69) is 21.2 Å². The third-order valence-electron chi connectivity index (χ3n) is 3.34. The lowest BCUT2D eigenvalue weighted by molar-refractivity contribution is 0.376. The van der Waals surface area contributed by atoms with E-state index in [1.54, 1.807) is 0 Å². The third kappa shape index (κ3) is 1.69. The number of rotatable bonds is 3. The molecule has 2 heterocycles. The maximum Gasteiger partial charge on any atom is 0.0492 e. The molecule has 0 bridgehead atoms. The van der Waals surface area contributed by atoms with Gasteiger partial charge in [0.25, 0.3) is 0 Å². The summed E-state index contributed by atoms with van der Waals surface area (Å²) in [5.41, 5.74) is 1.39. The first-order valence-electron chi connectivity index (χ1n) is 5.66. The first-order valence-corrected chi connectivity index (χ1v) is 5.66. The summed E-state index contributed by atoms with van der Waals surface area (Å²) in [7, 11) is 0. The van der Waals surface area contributed by atoms with Crippen LogP contribution in [-0.2, 0) is 13.0 Å². The zero-order valence-electron chi connectivity index (χ0n) is 8.45. The van der Waals surface area contributed by atoms with Crippen LogP contribution in [0.4, 0.5) is 0 Å². The lowest BCUT2D eigenvalue weighted by Crippen LogP contribution is -2.37. The second-order valence-electron chi connectivity index (χ2n) is 4.59. The Kier molecular flexibility index (Phi) is 2.05. The fourth-order valence-corrected chi connectivity index (χ4v) is 2.20. The van der Waals surface area contributed by atoms with Crippen molar-refractivity contribution in [3.05, 3.63) is 18.0 Å². The van der Waals surface area contributed by atoms with Crippen LogP contribution in [0, 0.1) is 5.92 Å². The van der Waals surface area contributed by atoms with Gasteiger partial charge in [0, 0.05) is 30.9 Å². The van der Waals surface area contributed by atoms with Crippen LogP contribution in [0.25, 0.3) is 0 Å². The Bertz CT molecular complexity index is 314. The third-order valence-corrected chi connectivity index (χ3v) is 3.34. The topological polar surface area (TPSA) is 29.9 Å². The van der Waals surface area contributed by atoms with Gasteiger partial charge < -0.3 is 5.32 Å². The highest BCUT2D eigenvalue weighted by atomic mass is 15.3. The Morgan fingerprint density at radius 2 is 2.36 bits per heavy atom. The SMILES string of the molecule is c1cc2n(n1)CCC(NCC1CC1)C2. The molecule has 14 heavy (non-hydrogen) atoms. The summed E-state index contributed by atoms with van der Waals surface area (Å²) in [4.78, 5) is 0. The van der Waals surface area contributed by atoms with E-state index in [1.165, 1.54) is 31.5 Å². The van der Waals surface area contributed by atoms with Gasteiger partial charge in [-0.25, -0.2) is 0 Å². The standard InChI is InChI=1S/C11H17N3/c1-2-9(1)8-12-10-4-6-14-11(7-10)3-5-13-14/h3,5,9-10,12H,1-2,4,6-8H2. The number of aryl methyl sites for hydroxylation is 1. The Balaban J connectivity index is 1.57. The predicted octanol–water partition coefficient (Wildman–Crippen LogP) is 1.20. The number of hydrogen-bond donors (Lipinski definition) is 1. The van der Waals surface area contributed by atoms with Gasteiger partial charge in [-0.3, -0.25) is 4.68 Å². The summed E-state index contributed by atoms with van der Waals surface area (Å²) in [6.07, 6.45) is 7.20. The maximum absolute atomic E-state index is 4.29. The fraction of sp³-hybridized carbons (Fsp3) is 0.727. The van der Waals surface area contributed by atoms with Crippen molar-refractivity contribution < 1.29 is 0 Å². The molecule has 1 N–H and O–H groups in total. The smallest absolute Gasteiger partial charge is 0.0492 e. The molecule has 0 aromatic carbocycles. The van der Waals surface area contributed by atoms with Crippen molar-refractivity contribution >= 4 is 0 Å². The van der Waals surface area contributed by atoms with E-state index in [-0.39, 0.29) is 0 Å². The monoisotopic (exact) mass is 191 g/mol. The van der Waals surface area contributed by atoms with Crippen molar-refractivity contribution in [3.63, 3.8) is 0 Å². The molecular weight excluding hydrogens is 174 g/mol. The molecule has 3 rings (SSSR count). The van der Waals surface area contributed by atoms with Gasteiger partial charge in [-0.1, -0.05) is 0 Å². The van der Waals surface area contributed by atoms with Crippen LogP contribution in [0.2, 0.25) is 0 Å². The summed E-state index contributed by atoms with van der Waals surface area (Å²) >= 11 is 0. The highest BCUT2D eigenvalue weighted by Crippen LogP contribution is 2.28. The molecule has 1 aromatic rings. The molecule has 0 radical (unpaired) electrons. The van der Waals surface area contributed by atoms with Gasteiger partial charge in [0.1, 0.15) is 0 Å². The van der Waals surface area contributed by atoms with Gasteiger partial charge in [0.2, 0.25) is 0 Å². The number of hydrogen-bond acceptors (Lipinski definition) is 2. The Morgan fingerprint density at radius 1 is 1.43 bits per heavy atom. The molecule has 76 valence electrons. The van der Waals surface area contributed by atoms with Gasteiger partial charge in [-0.15, -0.1) is 0 Å². The van der Waals surface area contributed by atoms with E-state index < -0.39 is 0 Å². The van der Waals surface area contributed by atoms with Gasteiger partial charge in [0.15, 0.2) is 0 Å². The van der Waals surface area contributed by atoms with E-state index in [0.717, 1.165) is 18.9 Å². The fourth-order valence-electron chi connectivity index (χ4n) is 2.20. The van der Waals surface area contributed by atoms with Crippen molar-refractivity contribution in [2.75, 3.05) is 6.54 Å². The summed E-state index contributed by atoms with van der Waals surface area (Å²) in [5, 5.41) is 7.96. The van der Waals surface area contributed by atoms with Gasteiger partial charge in [0.05, 0.1) is 0 Å². The molecule has 1 saturated carbocycles. The van der Waals surface area contributed by atoms with Gasteiger partial charge in [-0.05, 0) is 37.8 Å². The summed E-state index contributed by atoms with van der Waals surface area (Å²) in [6.45, 7) is 2.32. The first-order chi connectivity index (χ1) is 6.92. The van der Waals surface area contributed by atoms with E-state index in [1.807, 2.05) is 6.20 Å². The average Bonchev–Trinajstić information content (AvgIpc) is 2.92. The van der Waals surface area contributed by atoms with Crippen LogP contribution >= 0.6 is 0 Å². The minimum atomic E-state index is 0.694. The lowest BCUT2D eigenvalue weighted by atomic mass is 10.0. The zero-order chi connectivity index (χ0) is 9.38. The van der Waals surface area contributed by atoms with E-state index in [9.17, 15) is 0 Å². The number of nitrogens with one attached hydrogen (secondary N) is 1. The van der Waals surface area contributed by atoms with E-state index in [0.29, 0.717) is 6.04 Å². The molecule has 3 heteroatoms. The average molecular weight is 191 g/mol. The largest absolute Gasteiger partial charge is 0.313 e. The van der Waals surface area contributed by atoms with Gasteiger partial charge >= 0.3 is 0 Å². The Morgan fingerprint density at radius 3 is 3.21 bits per heavy atom. The van der Waals surface area contributed by atoms with Crippen LogP contribution in [0.5, 0.6) is 0 Å². The van der Waals surface area contributed by atoms with Crippen LogP contribution in [0.15, 0.2) is 12.3 Å². The molecule has 0 amide bonds. The quantitative estimate of drug-likeness (QED) is 0.778. The summed E-state index contributed by atoms with van der Waals surface area (Å²) in [6, 6.07) is 2.84. The van der Waals surface area contributed by atoms with Crippen molar-refractivity contribution in [1.29, 1.82) is 0 Å². The second-order valence-corrected chi connectivity index (χ2v) is 4.59. The number of aromatic nitrogens is 2. The molecule has 0 spiro atoms. The highest BCUT2D eigenvalue weighted by molar-refractivity contribution is 5.05. The molecule has 0 saturated heterocycles. The summed E-state index contributed by atoms with van der Waals surface area (Å²) < 4.78 is 2.13. The highest BCUT2D eigenvalue weighted by Gasteiger charge is 2.24. The van der Waals surface area contributed by atoms with Crippen molar-refractivity contribution in [2.24, 2.45) is 5.92 Å². The van der Waals surface area contributed by atoms with Crippen LogP contribution in [0.1, 0.15) is 25.0 Å². The number of fused-ring (bicyclic) bond motifs is 1. The Hall–Kier alpha value is -0.830. The number of nitrogens with zero attached hydrogens (tertiary/aromatic N) is 2. The van der Waals surface area contributed by atoms with Gasteiger partial charge in [-0.2, -0.15) is 5.10 Å². The molecule has 1 fully saturated rings. The second kappa shape index (κ2) is 3.39. The summed E-state index contributed by atoms with van der Waals surface area (Å²) in [5.74, 6) is 0.988. The molecule has 1 aromatic heterocycles. The predicted molar refractivity (Wildman–Crippen MR) is 55.1 cm³/mol. The maximum atomic E-state index is 4.29. The molecule has 3 nitrogen and oxygen atoms in total. The Labute approximate surface area is 84.5 Å². The van der Waals surface area contributed by atoms with E-state index in [4.69, 9.17) is 0 Å². The zero-order valence-corrected chi connectivity index (χ0v) is 8.45. The molecule has 1 atom stereocenters. The lowest BCUT2D eigenvalue weighted by Gasteiger charge is -2.24. The molecule has 1 aliphatic carbocycles. The van der Waals surface area contributed by atoms with Crippen molar-refractivity contribution in [2.45, 2.75) is 38.3 Å². The van der Waals surface area contributed by atoms with E-state index >= 15 is 0 Å². The molecule has 2 aliphatic rings. The minimum absolute atomic E-state index is 0.694. The minimum Gasteiger partial charge on any atom is -0.313 e. The molecule has 1 unspecified atom stereocenters. The normalized spacial score (nSPS) is 26.1. The van der Waals surface area contributed by atoms with Crippen molar-refractivity contribution in [1.82, 2.24) is 15.1 Å². The van der Waals surface area contributed by atoms with Crippen LogP contribution in [-0.4, -0.2) is 22.4 Å².